The number of carbonyl (C=O) groups excluding carboxylic acids is 2. The third-order valence-electron chi connectivity index (χ3n) is 2.28. The van der Waals surface area contributed by atoms with E-state index in [1.165, 1.54) is 14.2 Å². The smallest absolute Gasteiger partial charge is 0.328 e. The van der Waals surface area contributed by atoms with E-state index >= 15 is 0 Å². The van der Waals surface area contributed by atoms with E-state index in [2.05, 4.69) is 10.1 Å². The van der Waals surface area contributed by atoms with Gasteiger partial charge in [0, 0.05) is 13.6 Å². The molecule has 0 aromatic heterocycles. The lowest BCUT2D eigenvalue weighted by Crippen LogP contribution is -2.49. The van der Waals surface area contributed by atoms with Gasteiger partial charge in [-0.15, -0.1) is 0 Å². The Labute approximate surface area is 105 Å². The van der Waals surface area contributed by atoms with Crippen molar-refractivity contribution in [1.82, 2.24) is 10.2 Å². The zero-order chi connectivity index (χ0) is 14.3. The highest BCUT2D eigenvalue weighted by atomic mass is 16.5. The van der Waals surface area contributed by atoms with Crippen molar-refractivity contribution in [2.75, 3.05) is 27.3 Å². The van der Waals surface area contributed by atoms with E-state index in [1.807, 2.05) is 0 Å². The lowest BCUT2D eigenvalue weighted by molar-refractivity contribution is -0.145. The molecule has 2 unspecified atom stereocenters. The van der Waals surface area contributed by atoms with Crippen molar-refractivity contribution in [2.24, 2.45) is 5.92 Å². The summed E-state index contributed by atoms with van der Waals surface area (Å²) in [5.74, 6) is -2.32. The molecule has 8 nitrogen and oxygen atoms in total. The van der Waals surface area contributed by atoms with Gasteiger partial charge in [-0.2, -0.15) is 0 Å². The quantitative estimate of drug-likeness (QED) is 0.522. The van der Waals surface area contributed by atoms with Crippen LogP contribution in [0.3, 0.4) is 0 Å². The molecular weight excluding hydrogens is 244 g/mol. The second kappa shape index (κ2) is 7.49. The highest BCUT2D eigenvalue weighted by Crippen LogP contribution is 2.01. The van der Waals surface area contributed by atoms with Crippen LogP contribution in [0.25, 0.3) is 0 Å². The SMILES string of the molecule is COC(=O)C(C)CN(C)C(=O)NC(CO)C(=O)O. The summed E-state index contributed by atoms with van der Waals surface area (Å²) in [5, 5.41) is 19.5. The standard InChI is InChI=1S/C10H18N2O6/c1-6(9(16)18-3)4-12(2)10(17)11-7(5-13)8(14)15/h6-7,13H,4-5H2,1-3H3,(H,11,17)(H,14,15). The maximum Gasteiger partial charge on any atom is 0.328 e. The Hall–Kier alpha value is -1.83. The molecule has 18 heavy (non-hydrogen) atoms. The number of ether oxygens (including phenoxy) is 1. The van der Waals surface area contributed by atoms with Crippen molar-refractivity contribution in [1.29, 1.82) is 0 Å². The van der Waals surface area contributed by atoms with Gasteiger partial charge in [-0.25, -0.2) is 9.59 Å². The van der Waals surface area contributed by atoms with E-state index in [4.69, 9.17) is 10.2 Å². The van der Waals surface area contributed by atoms with Crippen LogP contribution in [0.5, 0.6) is 0 Å². The Kier molecular flexibility index (Phi) is 6.73. The fourth-order valence-corrected chi connectivity index (χ4v) is 1.21. The average Bonchev–Trinajstić information content (AvgIpc) is 2.33. The Balaban J connectivity index is 4.34. The number of nitrogens with one attached hydrogen (secondary N) is 1. The molecule has 0 saturated heterocycles. The number of rotatable bonds is 6. The molecule has 0 heterocycles. The minimum atomic E-state index is -1.37. The van der Waals surface area contributed by atoms with Crippen LogP contribution in [0, 0.1) is 5.92 Å². The fraction of sp³-hybridized carbons (Fsp3) is 0.700. The number of esters is 1. The maximum absolute atomic E-state index is 11.6. The number of urea groups is 1. The zero-order valence-corrected chi connectivity index (χ0v) is 10.5. The number of amides is 2. The molecule has 0 spiro atoms. The van der Waals surface area contributed by atoms with Gasteiger partial charge in [0.15, 0.2) is 6.04 Å². The summed E-state index contributed by atoms with van der Waals surface area (Å²) in [4.78, 5) is 34.4. The number of methoxy groups -OCH3 is 1. The van der Waals surface area contributed by atoms with Crippen LogP contribution in [-0.4, -0.2) is 66.4 Å². The molecule has 0 radical (unpaired) electrons. The Morgan fingerprint density at radius 2 is 1.94 bits per heavy atom. The number of aliphatic hydroxyl groups is 1. The maximum atomic E-state index is 11.6. The van der Waals surface area contributed by atoms with Crippen LogP contribution < -0.4 is 5.32 Å². The van der Waals surface area contributed by atoms with E-state index in [-0.39, 0.29) is 6.54 Å². The molecule has 8 heteroatoms. The van der Waals surface area contributed by atoms with Crippen molar-refractivity contribution in [2.45, 2.75) is 13.0 Å². The summed E-state index contributed by atoms with van der Waals surface area (Å²) in [7, 11) is 2.65. The number of carboxylic acid groups (broad SMARTS) is 1. The van der Waals surface area contributed by atoms with Crippen molar-refractivity contribution in [3.63, 3.8) is 0 Å². The van der Waals surface area contributed by atoms with Gasteiger partial charge >= 0.3 is 18.0 Å². The first-order valence-electron chi connectivity index (χ1n) is 5.26. The van der Waals surface area contributed by atoms with Crippen molar-refractivity contribution < 1.29 is 29.3 Å². The lowest BCUT2D eigenvalue weighted by Gasteiger charge is -2.22. The lowest BCUT2D eigenvalue weighted by atomic mass is 10.2. The largest absolute Gasteiger partial charge is 0.480 e. The molecular formula is C10H18N2O6. The number of hydrogen-bond donors (Lipinski definition) is 3. The molecule has 0 rings (SSSR count). The van der Waals surface area contributed by atoms with Crippen LogP contribution in [0.15, 0.2) is 0 Å². The second-order valence-electron chi connectivity index (χ2n) is 3.83. The summed E-state index contributed by atoms with van der Waals surface area (Å²) in [6.07, 6.45) is 0. The van der Waals surface area contributed by atoms with Crippen LogP contribution in [0.1, 0.15) is 6.92 Å². The normalized spacial score (nSPS) is 13.3. The average molecular weight is 262 g/mol. The number of aliphatic hydroxyl groups excluding tert-OH is 1. The Morgan fingerprint density at radius 1 is 1.39 bits per heavy atom. The van der Waals surface area contributed by atoms with Gasteiger partial charge in [-0.1, -0.05) is 6.92 Å². The van der Waals surface area contributed by atoms with Crippen LogP contribution in [0.4, 0.5) is 4.79 Å². The van der Waals surface area contributed by atoms with E-state index in [0.29, 0.717) is 0 Å². The predicted molar refractivity (Wildman–Crippen MR) is 60.9 cm³/mol. The minimum absolute atomic E-state index is 0.0796. The first-order valence-corrected chi connectivity index (χ1v) is 5.26. The number of carbonyl (C=O) groups is 3. The molecule has 0 aliphatic heterocycles. The van der Waals surface area contributed by atoms with Crippen LogP contribution in [0.2, 0.25) is 0 Å². The highest BCUT2D eigenvalue weighted by Gasteiger charge is 2.23. The Morgan fingerprint density at radius 3 is 2.33 bits per heavy atom. The summed E-state index contributed by atoms with van der Waals surface area (Å²) < 4.78 is 4.50. The molecule has 0 saturated carbocycles. The van der Waals surface area contributed by atoms with Crippen LogP contribution in [-0.2, 0) is 14.3 Å². The first kappa shape index (κ1) is 16.2. The van der Waals surface area contributed by atoms with Gasteiger partial charge in [0.05, 0.1) is 19.6 Å². The number of nitrogens with zero attached hydrogens (tertiary/aromatic N) is 1. The van der Waals surface area contributed by atoms with Crippen molar-refractivity contribution in [3.8, 4) is 0 Å². The second-order valence-corrected chi connectivity index (χ2v) is 3.83. The molecule has 0 aliphatic carbocycles. The molecule has 0 aliphatic rings. The highest BCUT2D eigenvalue weighted by molar-refractivity contribution is 5.83. The molecule has 3 N–H and O–H groups in total. The molecule has 0 aromatic rings. The van der Waals surface area contributed by atoms with Gasteiger partial charge in [-0.3, -0.25) is 4.79 Å². The molecule has 0 aromatic carbocycles. The number of carboxylic acids is 1. The summed E-state index contributed by atoms with van der Waals surface area (Å²) in [6, 6.07) is -2.06. The summed E-state index contributed by atoms with van der Waals surface area (Å²) in [5.41, 5.74) is 0. The summed E-state index contributed by atoms with van der Waals surface area (Å²) in [6.45, 7) is 0.952. The van der Waals surface area contributed by atoms with Gasteiger partial charge in [0.1, 0.15) is 0 Å². The summed E-state index contributed by atoms with van der Waals surface area (Å²) >= 11 is 0. The predicted octanol–water partition coefficient (Wildman–Crippen LogP) is -1.12. The monoisotopic (exact) mass is 262 g/mol. The van der Waals surface area contributed by atoms with E-state index in [0.717, 1.165) is 4.90 Å². The van der Waals surface area contributed by atoms with Crippen molar-refractivity contribution in [3.05, 3.63) is 0 Å². The first-order chi connectivity index (χ1) is 8.33. The van der Waals surface area contributed by atoms with E-state index in [1.54, 1.807) is 6.92 Å². The molecule has 2 amide bonds. The Bertz CT molecular complexity index is 319. The molecule has 2 atom stereocenters. The van der Waals surface area contributed by atoms with Crippen LogP contribution >= 0.6 is 0 Å². The third kappa shape index (κ3) is 5.00. The van der Waals surface area contributed by atoms with Crippen molar-refractivity contribution >= 4 is 18.0 Å². The molecule has 0 bridgehead atoms. The molecule has 0 fully saturated rings. The van der Waals surface area contributed by atoms with Gasteiger partial charge in [0.25, 0.3) is 0 Å². The van der Waals surface area contributed by atoms with E-state index < -0.39 is 36.5 Å². The molecule has 104 valence electrons. The van der Waals surface area contributed by atoms with Gasteiger partial charge < -0.3 is 25.2 Å². The fourth-order valence-electron chi connectivity index (χ4n) is 1.21. The zero-order valence-electron chi connectivity index (χ0n) is 10.5. The number of aliphatic carboxylic acids is 1. The van der Waals surface area contributed by atoms with E-state index in [9.17, 15) is 14.4 Å². The topological polar surface area (TPSA) is 116 Å². The van der Waals surface area contributed by atoms with Gasteiger partial charge in [-0.05, 0) is 0 Å². The van der Waals surface area contributed by atoms with Gasteiger partial charge in [0.2, 0.25) is 0 Å². The third-order valence-corrected chi connectivity index (χ3v) is 2.28. The minimum Gasteiger partial charge on any atom is -0.480 e. The number of hydrogen-bond acceptors (Lipinski definition) is 5.